The van der Waals surface area contributed by atoms with Gasteiger partial charge in [-0.3, -0.25) is 0 Å². The van der Waals surface area contributed by atoms with Crippen molar-refractivity contribution in [2.24, 2.45) is 23.5 Å². The molecule has 3 heteroatoms. The first-order valence-corrected chi connectivity index (χ1v) is 7.37. The zero-order valence-corrected chi connectivity index (χ0v) is 11.6. The van der Waals surface area contributed by atoms with Crippen molar-refractivity contribution < 1.29 is 4.39 Å². The number of nitrogens with zero attached hydrogens (tertiary/aromatic N) is 1. The highest BCUT2D eigenvalue weighted by molar-refractivity contribution is 5.48. The molecule has 3 atom stereocenters. The molecule has 1 aromatic carbocycles. The molecule has 0 amide bonds. The van der Waals surface area contributed by atoms with E-state index in [1.807, 2.05) is 19.2 Å². The lowest BCUT2D eigenvalue weighted by molar-refractivity contribution is 0.337. The standard InChI is InChI=1S/C16H23FN2/c1-19(10-14-7-11-2-4-13(14)6-11)16-5-3-12(9-18)8-15(16)17/h3,5,8,11,13-14H,2,4,6-7,9-10,18H2,1H3. The third-order valence-electron chi connectivity index (χ3n) is 5.05. The van der Waals surface area contributed by atoms with Crippen LogP contribution in [0.25, 0.3) is 0 Å². The first kappa shape index (κ1) is 12.9. The van der Waals surface area contributed by atoms with Crippen molar-refractivity contribution in [1.82, 2.24) is 0 Å². The summed E-state index contributed by atoms with van der Waals surface area (Å²) < 4.78 is 14.1. The number of fused-ring (bicyclic) bond motifs is 2. The summed E-state index contributed by atoms with van der Waals surface area (Å²) in [6, 6.07) is 5.35. The normalized spacial score (nSPS) is 28.9. The Balaban J connectivity index is 1.68. The third-order valence-corrected chi connectivity index (χ3v) is 5.05. The molecule has 0 radical (unpaired) electrons. The summed E-state index contributed by atoms with van der Waals surface area (Å²) in [5.74, 6) is 2.46. The Bertz CT molecular complexity index is 460. The Kier molecular flexibility index (Phi) is 3.48. The van der Waals surface area contributed by atoms with Crippen molar-refractivity contribution in [2.45, 2.75) is 32.2 Å². The quantitative estimate of drug-likeness (QED) is 0.903. The van der Waals surface area contributed by atoms with Crippen molar-refractivity contribution in [3.63, 3.8) is 0 Å². The highest BCUT2D eigenvalue weighted by atomic mass is 19.1. The van der Waals surface area contributed by atoms with E-state index in [1.165, 1.54) is 25.7 Å². The molecule has 19 heavy (non-hydrogen) atoms. The summed E-state index contributed by atoms with van der Waals surface area (Å²) in [7, 11) is 2.01. The van der Waals surface area contributed by atoms with E-state index in [0.29, 0.717) is 12.2 Å². The fourth-order valence-electron chi connectivity index (χ4n) is 4.04. The topological polar surface area (TPSA) is 29.3 Å². The predicted molar refractivity (Wildman–Crippen MR) is 76.5 cm³/mol. The fourth-order valence-corrected chi connectivity index (χ4v) is 4.04. The van der Waals surface area contributed by atoms with Gasteiger partial charge in [-0.1, -0.05) is 12.5 Å². The molecule has 1 aromatic rings. The molecule has 0 aliphatic heterocycles. The second-order valence-corrected chi connectivity index (χ2v) is 6.31. The lowest BCUT2D eigenvalue weighted by Gasteiger charge is -2.29. The third kappa shape index (κ3) is 2.48. The lowest BCUT2D eigenvalue weighted by atomic mass is 9.88. The van der Waals surface area contributed by atoms with Gasteiger partial charge in [-0.25, -0.2) is 4.39 Å². The van der Waals surface area contributed by atoms with Crippen LogP contribution in [0.15, 0.2) is 18.2 Å². The molecule has 3 rings (SSSR count). The first-order valence-electron chi connectivity index (χ1n) is 7.37. The van der Waals surface area contributed by atoms with Crippen LogP contribution in [0.1, 0.15) is 31.2 Å². The van der Waals surface area contributed by atoms with Crippen molar-refractivity contribution in [3.05, 3.63) is 29.6 Å². The van der Waals surface area contributed by atoms with Crippen LogP contribution in [-0.2, 0) is 6.54 Å². The van der Waals surface area contributed by atoms with E-state index in [1.54, 1.807) is 6.07 Å². The van der Waals surface area contributed by atoms with Crippen LogP contribution in [0.3, 0.4) is 0 Å². The minimum absolute atomic E-state index is 0.145. The van der Waals surface area contributed by atoms with Crippen LogP contribution < -0.4 is 10.6 Å². The first-order chi connectivity index (χ1) is 9.17. The summed E-state index contributed by atoms with van der Waals surface area (Å²) >= 11 is 0. The molecule has 0 aromatic heterocycles. The second kappa shape index (κ2) is 5.12. The largest absolute Gasteiger partial charge is 0.372 e. The van der Waals surface area contributed by atoms with Crippen LogP contribution in [0.5, 0.6) is 0 Å². The van der Waals surface area contributed by atoms with E-state index in [4.69, 9.17) is 5.73 Å². The van der Waals surface area contributed by atoms with Crippen molar-refractivity contribution in [2.75, 3.05) is 18.5 Å². The SMILES string of the molecule is CN(CC1CC2CCC1C2)c1ccc(CN)cc1F. The molecule has 2 N–H and O–H groups in total. The van der Waals surface area contributed by atoms with Crippen LogP contribution >= 0.6 is 0 Å². The maximum atomic E-state index is 14.1. The molecule has 2 nitrogen and oxygen atoms in total. The van der Waals surface area contributed by atoms with Gasteiger partial charge < -0.3 is 10.6 Å². The van der Waals surface area contributed by atoms with E-state index in [-0.39, 0.29) is 5.82 Å². The summed E-state index contributed by atoms with van der Waals surface area (Å²) in [6.07, 6.45) is 5.56. The van der Waals surface area contributed by atoms with Gasteiger partial charge in [-0.05, 0) is 54.7 Å². The number of halogens is 1. The van der Waals surface area contributed by atoms with Gasteiger partial charge in [0.1, 0.15) is 5.82 Å². The maximum absolute atomic E-state index is 14.1. The molecule has 0 saturated heterocycles. The van der Waals surface area contributed by atoms with Crippen molar-refractivity contribution >= 4 is 5.69 Å². The van der Waals surface area contributed by atoms with Crippen molar-refractivity contribution in [1.29, 1.82) is 0 Å². The molecular formula is C16H23FN2. The summed E-state index contributed by atoms with van der Waals surface area (Å²) in [5.41, 5.74) is 7.10. The number of nitrogens with two attached hydrogens (primary N) is 1. The molecule has 2 bridgehead atoms. The molecule has 3 unspecified atom stereocenters. The molecule has 0 spiro atoms. The van der Waals surface area contributed by atoms with Gasteiger partial charge in [0.25, 0.3) is 0 Å². The summed E-state index contributed by atoms with van der Waals surface area (Å²) in [5, 5.41) is 0. The predicted octanol–water partition coefficient (Wildman–Crippen LogP) is 3.16. The summed E-state index contributed by atoms with van der Waals surface area (Å²) in [6.45, 7) is 1.38. The Morgan fingerprint density at radius 3 is 2.74 bits per heavy atom. The molecule has 2 aliphatic rings. The molecule has 2 saturated carbocycles. The smallest absolute Gasteiger partial charge is 0.146 e. The van der Waals surface area contributed by atoms with E-state index in [2.05, 4.69) is 4.90 Å². The van der Waals surface area contributed by atoms with E-state index < -0.39 is 0 Å². The molecule has 0 heterocycles. The summed E-state index contributed by atoms with van der Waals surface area (Å²) in [4.78, 5) is 2.08. The van der Waals surface area contributed by atoms with E-state index in [0.717, 1.165) is 29.9 Å². The Hall–Kier alpha value is -1.09. The minimum Gasteiger partial charge on any atom is -0.372 e. The Morgan fingerprint density at radius 1 is 1.32 bits per heavy atom. The van der Waals surface area contributed by atoms with Crippen LogP contribution in [-0.4, -0.2) is 13.6 Å². The lowest BCUT2D eigenvalue weighted by Crippen LogP contribution is -2.29. The van der Waals surface area contributed by atoms with Gasteiger partial charge in [0.2, 0.25) is 0 Å². The highest BCUT2D eigenvalue weighted by Crippen LogP contribution is 2.48. The van der Waals surface area contributed by atoms with Gasteiger partial charge in [0.05, 0.1) is 5.69 Å². The molecule has 104 valence electrons. The zero-order valence-electron chi connectivity index (χ0n) is 11.6. The van der Waals surface area contributed by atoms with Gasteiger partial charge in [0, 0.05) is 20.1 Å². The van der Waals surface area contributed by atoms with Crippen LogP contribution in [0.2, 0.25) is 0 Å². The number of rotatable bonds is 4. The average Bonchev–Trinajstić information content (AvgIpc) is 3.00. The number of hydrogen-bond acceptors (Lipinski definition) is 2. The van der Waals surface area contributed by atoms with Gasteiger partial charge in [0.15, 0.2) is 0 Å². The van der Waals surface area contributed by atoms with E-state index >= 15 is 0 Å². The van der Waals surface area contributed by atoms with Crippen LogP contribution in [0.4, 0.5) is 10.1 Å². The Morgan fingerprint density at radius 2 is 2.16 bits per heavy atom. The fraction of sp³-hybridized carbons (Fsp3) is 0.625. The number of anilines is 1. The average molecular weight is 262 g/mol. The highest BCUT2D eigenvalue weighted by Gasteiger charge is 2.39. The zero-order chi connectivity index (χ0) is 13.4. The van der Waals surface area contributed by atoms with Crippen LogP contribution in [0, 0.1) is 23.6 Å². The van der Waals surface area contributed by atoms with Gasteiger partial charge >= 0.3 is 0 Å². The molecular weight excluding hydrogens is 239 g/mol. The van der Waals surface area contributed by atoms with Crippen molar-refractivity contribution in [3.8, 4) is 0 Å². The van der Waals surface area contributed by atoms with Gasteiger partial charge in [-0.15, -0.1) is 0 Å². The molecule has 2 fully saturated rings. The molecule has 2 aliphatic carbocycles. The monoisotopic (exact) mass is 262 g/mol. The Labute approximate surface area is 114 Å². The second-order valence-electron chi connectivity index (χ2n) is 6.31. The maximum Gasteiger partial charge on any atom is 0.146 e. The van der Waals surface area contributed by atoms with Gasteiger partial charge in [-0.2, -0.15) is 0 Å². The number of benzene rings is 1. The van der Waals surface area contributed by atoms with E-state index in [9.17, 15) is 4.39 Å². The minimum atomic E-state index is -0.145. The number of hydrogen-bond donors (Lipinski definition) is 1.